The van der Waals surface area contributed by atoms with Gasteiger partial charge in [-0.25, -0.2) is 0 Å². The second kappa shape index (κ2) is 6.51. The number of rotatable bonds is 5. The molecular formula is C6H13NO3. The van der Waals surface area contributed by atoms with Crippen LogP contribution in [-0.4, -0.2) is 33.0 Å². The molecular weight excluding hydrogens is 134 g/mol. The lowest BCUT2D eigenvalue weighted by molar-refractivity contribution is -0.119. The minimum absolute atomic E-state index is 0.0407. The van der Waals surface area contributed by atoms with Crippen LogP contribution in [0, 0.1) is 0 Å². The Morgan fingerprint density at radius 3 is 2.80 bits per heavy atom. The van der Waals surface area contributed by atoms with Crippen molar-refractivity contribution >= 4 is 5.91 Å². The van der Waals surface area contributed by atoms with E-state index in [0.717, 1.165) is 0 Å². The van der Waals surface area contributed by atoms with Gasteiger partial charge < -0.3 is 14.8 Å². The first kappa shape index (κ1) is 9.39. The van der Waals surface area contributed by atoms with E-state index < -0.39 is 0 Å². The minimum atomic E-state index is -0.0407. The summed E-state index contributed by atoms with van der Waals surface area (Å²) in [5.74, 6) is -0.0407. The molecule has 60 valence electrons. The molecule has 4 heteroatoms. The largest absolute Gasteiger partial charge is 0.359 e. The molecule has 0 saturated carbocycles. The third-order valence-corrected chi connectivity index (χ3v) is 0.822. The zero-order valence-corrected chi connectivity index (χ0v) is 6.35. The van der Waals surface area contributed by atoms with Gasteiger partial charge in [-0.3, -0.25) is 4.79 Å². The van der Waals surface area contributed by atoms with Crippen LogP contribution in [0.15, 0.2) is 0 Å². The van der Waals surface area contributed by atoms with E-state index >= 15 is 0 Å². The molecule has 0 aromatic heterocycles. The monoisotopic (exact) mass is 147 g/mol. The number of carbonyl (C=O) groups is 1. The van der Waals surface area contributed by atoms with Gasteiger partial charge in [0.1, 0.15) is 6.79 Å². The smallest absolute Gasteiger partial charge is 0.216 e. The molecule has 0 aromatic rings. The Hall–Kier alpha value is -0.610. The molecule has 0 saturated heterocycles. The van der Waals surface area contributed by atoms with Crippen molar-refractivity contribution in [2.75, 3.05) is 27.1 Å². The Kier molecular flexibility index (Phi) is 6.11. The standard InChI is InChI=1S/C6H13NO3/c1-6(8)7-3-4-10-5-9-2/h3-5H2,1-2H3,(H,7,8). The van der Waals surface area contributed by atoms with E-state index in [1.54, 1.807) is 7.11 Å². The van der Waals surface area contributed by atoms with Crippen molar-refractivity contribution in [2.24, 2.45) is 0 Å². The van der Waals surface area contributed by atoms with E-state index in [1.807, 2.05) is 0 Å². The summed E-state index contributed by atoms with van der Waals surface area (Å²) in [5.41, 5.74) is 0. The fourth-order valence-electron chi connectivity index (χ4n) is 0.441. The maximum absolute atomic E-state index is 10.3. The van der Waals surface area contributed by atoms with Crippen LogP contribution >= 0.6 is 0 Å². The van der Waals surface area contributed by atoms with Gasteiger partial charge in [-0.05, 0) is 0 Å². The van der Waals surface area contributed by atoms with Crippen molar-refractivity contribution in [3.63, 3.8) is 0 Å². The lowest BCUT2D eigenvalue weighted by atomic mass is 10.6. The van der Waals surface area contributed by atoms with E-state index in [2.05, 4.69) is 10.1 Å². The molecule has 0 aromatic carbocycles. The second-order valence-electron chi connectivity index (χ2n) is 1.80. The summed E-state index contributed by atoms with van der Waals surface area (Å²) in [6, 6.07) is 0. The maximum atomic E-state index is 10.3. The summed E-state index contributed by atoms with van der Waals surface area (Å²) in [4.78, 5) is 10.3. The number of methoxy groups -OCH3 is 1. The Labute approximate surface area is 60.5 Å². The molecule has 0 aliphatic heterocycles. The minimum Gasteiger partial charge on any atom is -0.359 e. The average Bonchev–Trinajstić information content (AvgIpc) is 1.87. The Balaban J connectivity index is 2.84. The highest BCUT2D eigenvalue weighted by Crippen LogP contribution is 1.72. The van der Waals surface area contributed by atoms with Crippen LogP contribution in [0.1, 0.15) is 6.92 Å². The molecule has 0 rings (SSSR count). The Bertz CT molecular complexity index is 95.0. The molecule has 0 aliphatic carbocycles. The molecule has 0 unspecified atom stereocenters. The number of amides is 1. The van der Waals surface area contributed by atoms with Gasteiger partial charge in [0, 0.05) is 20.6 Å². The molecule has 0 spiro atoms. The quantitative estimate of drug-likeness (QED) is 0.430. The first-order chi connectivity index (χ1) is 4.77. The molecule has 10 heavy (non-hydrogen) atoms. The van der Waals surface area contributed by atoms with Gasteiger partial charge in [-0.1, -0.05) is 0 Å². The van der Waals surface area contributed by atoms with Crippen molar-refractivity contribution in [1.29, 1.82) is 0 Å². The molecule has 0 fully saturated rings. The highest BCUT2D eigenvalue weighted by molar-refractivity contribution is 5.72. The summed E-state index contributed by atoms with van der Waals surface area (Å²) >= 11 is 0. The van der Waals surface area contributed by atoms with Crippen LogP contribution in [0.3, 0.4) is 0 Å². The number of nitrogens with one attached hydrogen (secondary N) is 1. The zero-order valence-electron chi connectivity index (χ0n) is 6.35. The molecule has 0 heterocycles. The van der Waals surface area contributed by atoms with Crippen molar-refractivity contribution < 1.29 is 14.3 Å². The third kappa shape index (κ3) is 7.39. The van der Waals surface area contributed by atoms with Gasteiger partial charge in [-0.15, -0.1) is 0 Å². The van der Waals surface area contributed by atoms with E-state index in [0.29, 0.717) is 13.2 Å². The topological polar surface area (TPSA) is 47.6 Å². The first-order valence-corrected chi connectivity index (χ1v) is 3.08. The lowest BCUT2D eigenvalue weighted by Gasteiger charge is -2.02. The van der Waals surface area contributed by atoms with Gasteiger partial charge >= 0.3 is 0 Å². The van der Waals surface area contributed by atoms with E-state index in [-0.39, 0.29) is 12.7 Å². The molecule has 0 aliphatic rings. The second-order valence-corrected chi connectivity index (χ2v) is 1.80. The molecule has 1 amide bonds. The summed E-state index contributed by atoms with van der Waals surface area (Å²) < 4.78 is 9.51. The van der Waals surface area contributed by atoms with Crippen LogP contribution in [-0.2, 0) is 14.3 Å². The number of ether oxygens (including phenoxy) is 2. The van der Waals surface area contributed by atoms with Gasteiger partial charge in [0.2, 0.25) is 5.91 Å². The van der Waals surface area contributed by atoms with Gasteiger partial charge in [0.25, 0.3) is 0 Å². The fraction of sp³-hybridized carbons (Fsp3) is 0.833. The van der Waals surface area contributed by atoms with E-state index in [4.69, 9.17) is 4.74 Å². The first-order valence-electron chi connectivity index (χ1n) is 3.08. The molecule has 0 bridgehead atoms. The van der Waals surface area contributed by atoms with Crippen molar-refractivity contribution in [3.8, 4) is 0 Å². The highest BCUT2D eigenvalue weighted by atomic mass is 16.7. The molecule has 0 radical (unpaired) electrons. The van der Waals surface area contributed by atoms with Crippen LogP contribution in [0.25, 0.3) is 0 Å². The van der Waals surface area contributed by atoms with Crippen LogP contribution in [0.2, 0.25) is 0 Å². The summed E-state index contributed by atoms with van der Waals surface area (Å²) in [7, 11) is 1.55. The van der Waals surface area contributed by atoms with E-state index in [9.17, 15) is 4.79 Å². The molecule has 1 N–H and O–H groups in total. The Morgan fingerprint density at radius 1 is 1.60 bits per heavy atom. The Morgan fingerprint density at radius 2 is 2.30 bits per heavy atom. The summed E-state index contributed by atoms with van der Waals surface area (Å²) in [6.07, 6.45) is 0. The molecule has 4 nitrogen and oxygen atoms in total. The van der Waals surface area contributed by atoms with E-state index in [1.165, 1.54) is 6.92 Å². The van der Waals surface area contributed by atoms with Crippen molar-refractivity contribution in [2.45, 2.75) is 6.92 Å². The van der Waals surface area contributed by atoms with Gasteiger partial charge in [0.05, 0.1) is 6.61 Å². The predicted octanol–water partition coefficient (Wildman–Crippen LogP) is -0.257. The number of carbonyl (C=O) groups excluding carboxylic acids is 1. The van der Waals surface area contributed by atoms with Gasteiger partial charge in [0.15, 0.2) is 0 Å². The van der Waals surface area contributed by atoms with Gasteiger partial charge in [-0.2, -0.15) is 0 Å². The third-order valence-electron chi connectivity index (χ3n) is 0.822. The van der Waals surface area contributed by atoms with Crippen molar-refractivity contribution in [3.05, 3.63) is 0 Å². The SMILES string of the molecule is COCOCCNC(C)=O. The summed E-state index contributed by atoms with van der Waals surface area (Å²) in [5, 5.41) is 2.58. The predicted molar refractivity (Wildman–Crippen MR) is 36.5 cm³/mol. The highest BCUT2D eigenvalue weighted by Gasteiger charge is 1.88. The number of hydrogen-bond acceptors (Lipinski definition) is 3. The lowest BCUT2D eigenvalue weighted by Crippen LogP contribution is -2.24. The van der Waals surface area contributed by atoms with Crippen LogP contribution < -0.4 is 5.32 Å². The summed E-state index contributed by atoms with van der Waals surface area (Å²) in [6.45, 7) is 2.78. The van der Waals surface area contributed by atoms with Crippen molar-refractivity contribution in [1.82, 2.24) is 5.32 Å². The molecule has 0 atom stereocenters. The average molecular weight is 147 g/mol. The fourth-order valence-corrected chi connectivity index (χ4v) is 0.441. The maximum Gasteiger partial charge on any atom is 0.216 e. The zero-order chi connectivity index (χ0) is 7.82. The van der Waals surface area contributed by atoms with Crippen LogP contribution in [0.5, 0.6) is 0 Å². The normalized spacial score (nSPS) is 9.40. The number of hydrogen-bond donors (Lipinski definition) is 1. The van der Waals surface area contributed by atoms with Crippen LogP contribution in [0.4, 0.5) is 0 Å².